The average molecular weight is 438 g/mol. The fraction of sp³-hybridized carbons (Fsp3) is 0.174. The Labute approximate surface area is 186 Å². The van der Waals surface area contributed by atoms with Gasteiger partial charge in [0.25, 0.3) is 5.91 Å². The first-order valence-corrected chi connectivity index (χ1v) is 9.99. The number of benzene rings is 2. The molecule has 8 heteroatoms. The molecule has 7 nitrogen and oxygen atoms in total. The minimum atomic E-state index is -0.219. The molecule has 3 aromatic rings. The Morgan fingerprint density at radius 2 is 1.84 bits per heavy atom. The number of aryl methyl sites for hydroxylation is 1. The van der Waals surface area contributed by atoms with Crippen LogP contribution in [-0.2, 0) is 13.1 Å². The zero-order valence-corrected chi connectivity index (χ0v) is 18.1. The molecule has 0 spiro atoms. The quantitative estimate of drug-likeness (QED) is 0.333. The second-order valence-electron chi connectivity index (χ2n) is 7.02. The van der Waals surface area contributed by atoms with Gasteiger partial charge in [-0.15, -0.1) is 0 Å². The van der Waals surface area contributed by atoms with Gasteiger partial charge in [-0.05, 0) is 71.6 Å². The van der Waals surface area contributed by atoms with Crippen molar-refractivity contribution in [3.63, 3.8) is 0 Å². The lowest BCUT2D eigenvalue weighted by Gasteiger charge is -2.12. The van der Waals surface area contributed by atoms with Gasteiger partial charge in [-0.2, -0.15) is 0 Å². The van der Waals surface area contributed by atoms with Gasteiger partial charge >= 0.3 is 0 Å². The van der Waals surface area contributed by atoms with E-state index < -0.39 is 0 Å². The average Bonchev–Trinajstić information content (AvgIpc) is 2.76. The summed E-state index contributed by atoms with van der Waals surface area (Å²) in [5.41, 5.74) is 10.3. The third-order valence-corrected chi connectivity index (χ3v) is 4.93. The molecule has 160 valence electrons. The van der Waals surface area contributed by atoms with E-state index in [1.807, 2.05) is 37.3 Å². The predicted octanol–water partition coefficient (Wildman–Crippen LogP) is 3.63. The first-order chi connectivity index (χ1) is 14.9. The first-order valence-electron chi connectivity index (χ1n) is 9.61. The number of hydrogen-bond donors (Lipinski definition) is 4. The highest BCUT2D eigenvalue weighted by molar-refractivity contribution is 6.32. The van der Waals surface area contributed by atoms with Gasteiger partial charge in [0.05, 0.1) is 12.1 Å². The molecule has 0 saturated heterocycles. The van der Waals surface area contributed by atoms with Crippen molar-refractivity contribution < 1.29 is 9.53 Å². The van der Waals surface area contributed by atoms with E-state index in [9.17, 15) is 4.79 Å². The summed E-state index contributed by atoms with van der Waals surface area (Å²) in [7, 11) is 1.55. The molecule has 1 heterocycles. The van der Waals surface area contributed by atoms with E-state index in [-0.39, 0.29) is 11.9 Å². The van der Waals surface area contributed by atoms with Crippen molar-refractivity contribution in [1.29, 1.82) is 5.41 Å². The van der Waals surface area contributed by atoms with E-state index in [2.05, 4.69) is 15.6 Å². The van der Waals surface area contributed by atoms with Crippen LogP contribution in [0.3, 0.4) is 0 Å². The van der Waals surface area contributed by atoms with Crippen LogP contribution in [0.25, 0.3) is 11.1 Å². The molecule has 0 saturated carbocycles. The molecule has 1 amide bonds. The number of nitrogens with one attached hydrogen (secondary N) is 3. The molecule has 0 aliphatic heterocycles. The van der Waals surface area contributed by atoms with Gasteiger partial charge in [0, 0.05) is 30.5 Å². The van der Waals surface area contributed by atoms with Gasteiger partial charge in [-0.3, -0.25) is 15.2 Å². The number of halogens is 1. The van der Waals surface area contributed by atoms with Gasteiger partial charge < -0.3 is 21.1 Å². The third kappa shape index (κ3) is 5.96. The number of guanidine groups is 1. The molecule has 0 unspecified atom stereocenters. The van der Waals surface area contributed by atoms with Crippen LogP contribution in [-0.4, -0.2) is 24.0 Å². The number of ether oxygens (including phenoxy) is 1. The molecule has 3 rings (SSSR count). The maximum absolute atomic E-state index is 12.9. The predicted molar refractivity (Wildman–Crippen MR) is 122 cm³/mol. The van der Waals surface area contributed by atoms with Crippen LogP contribution in [0.4, 0.5) is 0 Å². The molecular weight excluding hydrogens is 414 g/mol. The van der Waals surface area contributed by atoms with Crippen LogP contribution in [0, 0.1) is 12.3 Å². The number of nitrogens with zero attached hydrogens (tertiary/aromatic N) is 1. The Bertz CT molecular complexity index is 1120. The highest BCUT2D eigenvalue weighted by Gasteiger charge is 2.11. The zero-order valence-electron chi connectivity index (χ0n) is 17.3. The van der Waals surface area contributed by atoms with Crippen LogP contribution in [0.15, 0.2) is 54.7 Å². The van der Waals surface area contributed by atoms with Gasteiger partial charge in [-0.25, -0.2) is 0 Å². The Balaban J connectivity index is 1.84. The van der Waals surface area contributed by atoms with Crippen molar-refractivity contribution >= 4 is 23.5 Å². The molecule has 0 atom stereocenters. The van der Waals surface area contributed by atoms with Crippen molar-refractivity contribution in [3.05, 3.63) is 82.1 Å². The lowest BCUT2D eigenvalue weighted by atomic mass is 9.99. The van der Waals surface area contributed by atoms with Crippen molar-refractivity contribution in [2.75, 3.05) is 7.11 Å². The summed E-state index contributed by atoms with van der Waals surface area (Å²) < 4.78 is 5.16. The Kier molecular flexibility index (Phi) is 7.10. The third-order valence-electron chi connectivity index (χ3n) is 4.64. The Morgan fingerprint density at radius 3 is 2.52 bits per heavy atom. The zero-order chi connectivity index (χ0) is 22.4. The molecule has 0 radical (unpaired) electrons. The number of carbonyl (C=O) groups excluding carboxylic acids is 1. The number of nitrogens with two attached hydrogens (primary N) is 1. The van der Waals surface area contributed by atoms with Crippen LogP contribution >= 0.6 is 11.6 Å². The Morgan fingerprint density at radius 1 is 1.06 bits per heavy atom. The van der Waals surface area contributed by atoms with E-state index in [0.29, 0.717) is 29.4 Å². The largest absolute Gasteiger partial charge is 0.495 e. The summed E-state index contributed by atoms with van der Waals surface area (Å²) in [5.74, 6) is 0.232. The lowest BCUT2D eigenvalue weighted by Crippen LogP contribution is -2.29. The van der Waals surface area contributed by atoms with Gasteiger partial charge in [0.15, 0.2) is 5.96 Å². The maximum Gasteiger partial charge on any atom is 0.251 e. The van der Waals surface area contributed by atoms with E-state index in [1.54, 1.807) is 31.5 Å². The van der Waals surface area contributed by atoms with Crippen LogP contribution < -0.4 is 21.1 Å². The number of aromatic nitrogens is 1. The number of pyridine rings is 1. The number of amides is 1. The van der Waals surface area contributed by atoms with Gasteiger partial charge in [-0.1, -0.05) is 17.7 Å². The molecule has 0 aliphatic carbocycles. The monoisotopic (exact) mass is 437 g/mol. The molecular formula is C23H24ClN5O2. The van der Waals surface area contributed by atoms with Crippen LogP contribution in [0.2, 0.25) is 5.02 Å². The van der Waals surface area contributed by atoms with Crippen LogP contribution in [0.1, 0.15) is 27.2 Å². The minimum Gasteiger partial charge on any atom is -0.495 e. The summed E-state index contributed by atoms with van der Waals surface area (Å²) in [6, 6.07) is 14.8. The second kappa shape index (κ2) is 9.95. The maximum atomic E-state index is 12.9. The standard InChI is InChI=1S/C23H24ClN5O2/c1-14-7-17(5-6-27-14)18-8-16(13-29-23(25)26)9-19(11-18)22(30)28-12-15-3-4-21(31-2)20(24)10-15/h3-11H,12-13H2,1-2H3,(H,28,30)(H4,25,26,29). The van der Waals surface area contributed by atoms with Gasteiger partial charge in [0.2, 0.25) is 0 Å². The summed E-state index contributed by atoms with van der Waals surface area (Å²) in [6.45, 7) is 2.57. The van der Waals surface area contributed by atoms with Crippen molar-refractivity contribution in [1.82, 2.24) is 15.6 Å². The Hall–Kier alpha value is -3.58. The summed E-state index contributed by atoms with van der Waals surface area (Å²) in [6.07, 6.45) is 1.73. The fourth-order valence-electron chi connectivity index (χ4n) is 3.12. The van der Waals surface area contributed by atoms with Crippen LogP contribution in [0.5, 0.6) is 5.75 Å². The molecule has 1 aromatic heterocycles. The highest BCUT2D eigenvalue weighted by atomic mass is 35.5. The van der Waals surface area contributed by atoms with E-state index in [1.165, 1.54) is 0 Å². The molecule has 31 heavy (non-hydrogen) atoms. The lowest BCUT2D eigenvalue weighted by molar-refractivity contribution is 0.0951. The normalized spacial score (nSPS) is 10.4. The van der Waals surface area contributed by atoms with Crippen molar-refractivity contribution in [2.45, 2.75) is 20.0 Å². The topological polar surface area (TPSA) is 113 Å². The molecule has 2 aromatic carbocycles. The summed E-state index contributed by atoms with van der Waals surface area (Å²) in [5, 5.41) is 13.6. The van der Waals surface area contributed by atoms with E-state index in [4.69, 9.17) is 27.5 Å². The number of rotatable bonds is 7. The SMILES string of the molecule is COc1ccc(CNC(=O)c2cc(CNC(=N)N)cc(-c3ccnc(C)c3)c2)cc1Cl. The minimum absolute atomic E-state index is 0.132. The van der Waals surface area contributed by atoms with E-state index in [0.717, 1.165) is 27.9 Å². The van der Waals surface area contributed by atoms with Gasteiger partial charge in [0.1, 0.15) is 5.75 Å². The molecule has 0 bridgehead atoms. The van der Waals surface area contributed by atoms with Crippen molar-refractivity contribution in [3.8, 4) is 16.9 Å². The molecule has 0 fully saturated rings. The summed E-state index contributed by atoms with van der Waals surface area (Å²) in [4.78, 5) is 17.1. The first kappa shape index (κ1) is 22.1. The molecule has 0 aliphatic rings. The van der Waals surface area contributed by atoms with E-state index >= 15 is 0 Å². The highest BCUT2D eigenvalue weighted by Crippen LogP contribution is 2.25. The van der Waals surface area contributed by atoms with Crippen molar-refractivity contribution in [2.24, 2.45) is 5.73 Å². The fourth-order valence-corrected chi connectivity index (χ4v) is 3.40. The number of methoxy groups -OCH3 is 1. The number of hydrogen-bond acceptors (Lipinski definition) is 4. The smallest absolute Gasteiger partial charge is 0.251 e. The molecule has 5 N–H and O–H groups in total. The second-order valence-corrected chi connectivity index (χ2v) is 7.43. The summed E-state index contributed by atoms with van der Waals surface area (Å²) >= 11 is 6.17. The number of carbonyl (C=O) groups is 1.